The van der Waals surface area contributed by atoms with Gasteiger partial charge in [-0.3, -0.25) is 4.79 Å². The predicted octanol–water partition coefficient (Wildman–Crippen LogP) is 2.34. The van der Waals surface area contributed by atoms with Gasteiger partial charge in [0.2, 0.25) is 5.54 Å². The fourth-order valence-corrected chi connectivity index (χ4v) is 3.76. The lowest BCUT2D eigenvalue weighted by atomic mass is 9.76. The molecule has 0 aromatic heterocycles. The Labute approximate surface area is 149 Å². The molecule has 1 aliphatic heterocycles. The van der Waals surface area contributed by atoms with Gasteiger partial charge in [0.05, 0.1) is 11.3 Å². The van der Waals surface area contributed by atoms with Crippen LogP contribution in [-0.2, 0) is 16.8 Å². The van der Waals surface area contributed by atoms with E-state index in [0.29, 0.717) is 0 Å². The number of nitrogens with zero attached hydrogens (tertiary/aromatic N) is 1. The highest BCUT2D eigenvalue weighted by molar-refractivity contribution is 5.99. The molecule has 0 unspecified atom stereocenters. The zero-order valence-electron chi connectivity index (χ0n) is 15.3. The summed E-state index contributed by atoms with van der Waals surface area (Å²) in [6.45, 7) is 8.23. The summed E-state index contributed by atoms with van der Waals surface area (Å²) in [6, 6.07) is 18.1. The molecule has 1 atom stereocenters. The van der Waals surface area contributed by atoms with Crippen LogP contribution in [0.25, 0.3) is 0 Å². The number of carbonyl (C=O) groups is 1. The Morgan fingerprint density at radius 3 is 2.40 bits per heavy atom. The monoisotopic (exact) mass is 336 g/mol. The summed E-state index contributed by atoms with van der Waals surface area (Å²) in [5.74, 6) is -0.0944. The highest BCUT2D eigenvalue weighted by Crippen LogP contribution is 2.29. The van der Waals surface area contributed by atoms with Crippen molar-refractivity contribution in [2.24, 2.45) is 5.10 Å². The lowest BCUT2D eigenvalue weighted by Crippen LogP contribution is -3.06. The number of hydrazone groups is 1. The number of amides is 1. The third kappa shape index (κ3) is 3.49. The minimum atomic E-state index is -0.696. The highest BCUT2D eigenvalue weighted by Gasteiger charge is 2.49. The van der Waals surface area contributed by atoms with Crippen molar-refractivity contribution in [2.45, 2.75) is 45.2 Å². The molecule has 130 valence electrons. The second-order valence-electron chi connectivity index (χ2n) is 7.67. The molecule has 4 nitrogen and oxygen atoms in total. The summed E-state index contributed by atoms with van der Waals surface area (Å²) in [4.78, 5) is 13.1. The third-order valence-electron chi connectivity index (χ3n) is 4.89. The molecule has 3 N–H and O–H groups in total. The molecule has 2 aromatic rings. The van der Waals surface area contributed by atoms with Crippen molar-refractivity contribution < 1.29 is 10.1 Å². The maximum Gasteiger partial charge on any atom is 0.305 e. The molecule has 0 radical (unpaired) electrons. The number of rotatable bonds is 3. The van der Waals surface area contributed by atoms with Gasteiger partial charge in [-0.1, -0.05) is 54.6 Å². The molecule has 4 heteroatoms. The Bertz CT molecular complexity index is 811. The summed E-state index contributed by atoms with van der Waals surface area (Å²) < 4.78 is 0. The van der Waals surface area contributed by atoms with E-state index in [9.17, 15) is 4.79 Å². The second kappa shape index (κ2) is 6.45. The smallest absolute Gasteiger partial charge is 0.305 e. The lowest BCUT2D eigenvalue weighted by molar-refractivity contribution is -0.779. The molecule has 0 spiro atoms. The predicted molar refractivity (Wildman–Crippen MR) is 100 cm³/mol. The van der Waals surface area contributed by atoms with Gasteiger partial charge in [-0.15, -0.1) is 0 Å². The van der Waals surface area contributed by atoms with Crippen LogP contribution in [0.15, 0.2) is 59.7 Å². The van der Waals surface area contributed by atoms with Gasteiger partial charge in [-0.05, 0) is 31.9 Å². The van der Waals surface area contributed by atoms with E-state index in [4.69, 9.17) is 0 Å². The molecule has 1 heterocycles. The molecule has 0 aliphatic carbocycles. The normalized spacial score (nSPS) is 22.2. The number of fused-ring (bicyclic) bond motifs is 1. The van der Waals surface area contributed by atoms with E-state index >= 15 is 0 Å². The first kappa shape index (κ1) is 17.4. The van der Waals surface area contributed by atoms with Crippen molar-refractivity contribution in [1.29, 1.82) is 0 Å². The number of carbonyl (C=O) groups excluding carboxylic acids is 1. The van der Waals surface area contributed by atoms with Crippen molar-refractivity contribution in [3.8, 4) is 0 Å². The zero-order valence-corrected chi connectivity index (χ0v) is 15.3. The van der Waals surface area contributed by atoms with E-state index in [-0.39, 0.29) is 11.4 Å². The molecule has 1 aliphatic rings. The van der Waals surface area contributed by atoms with Crippen LogP contribution in [0.2, 0.25) is 0 Å². The average molecular weight is 336 g/mol. The number of benzene rings is 2. The van der Waals surface area contributed by atoms with Crippen molar-refractivity contribution >= 4 is 11.6 Å². The van der Waals surface area contributed by atoms with Crippen LogP contribution in [0, 0.1) is 0 Å². The maximum atomic E-state index is 13.1. The first-order valence-corrected chi connectivity index (χ1v) is 8.67. The van der Waals surface area contributed by atoms with E-state index in [1.54, 1.807) is 0 Å². The van der Waals surface area contributed by atoms with Crippen LogP contribution in [0.3, 0.4) is 0 Å². The number of hydrogen-bond acceptors (Lipinski definition) is 2. The van der Waals surface area contributed by atoms with Crippen molar-refractivity contribution in [1.82, 2.24) is 5.43 Å². The molecule has 25 heavy (non-hydrogen) atoms. The van der Waals surface area contributed by atoms with Gasteiger partial charge in [0.1, 0.15) is 0 Å². The molecule has 3 rings (SSSR count). The topological polar surface area (TPSA) is 58.1 Å². The SMILES string of the molecule is C/C(=N/NC(=O)[C@@]1(C)[NH2+]C(C)(C)Cc2ccccc21)c1ccccc1. The van der Waals surface area contributed by atoms with Crippen LogP contribution in [0.5, 0.6) is 0 Å². The molecule has 0 saturated carbocycles. The van der Waals surface area contributed by atoms with E-state index in [2.05, 4.69) is 41.8 Å². The summed E-state index contributed by atoms with van der Waals surface area (Å²) >= 11 is 0. The molecular formula is C21H26N3O+. The van der Waals surface area contributed by atoms with Gasteiger partial charge < -0.3 is 5.32 Å². The zero-order chi connectivity index (χ0) is 18.1. The Morgan fingerprint density at radius 2 is 1.68 bits per heavy atom. The number of nitrogens with two attached hydrogens (primary N) is 1. The van der Waals surface area contributed by atoms with E-state index < -0.39 is 5.54 Å². The number of nitrogens with one attached hydrogen (secondary N) is 1. The molecule has 1 amide bonds. The first-order chi connectivity index (χ1) is 11.8. The molecule has 2 aromatic carbocycles. The molecular weight excluding hydrogens is 310 g/mol. The van der Waals surface area contributed by atoms with Gasteiger partial charge in [0.15, 0.2) is 0 Å². The summed E-state index contributed by atoms with van der Waals surface area (Å²) in [6.07, 6.45) is 0.943. The Balaban J connectivity index is 1.88. The van der Waals surface area contributed by atoms with Crippen LogP contribution >= 0.6 is 0 Å². The highest BCUT2D eigenvalue weighted by atomic mass is 16.2. The fourth-order valence-electron chi connectivity index (χ4n) is 3.76. The van der Waals surface area contributed by atoms with Gasteiger partial charge in [0, 0.05) is 18.9 Å². The maximum absolute atomic E-state index is 13.1. The van der Waals surface area contributed by atoms with E-state index in [1.807, 2.05) is 56.3 Å². The van der Waals surface area contributed by atoms with E-state index in [0.717, 1.165) is 23.3 Å². The number of hydrogen-bond donors (Lipinski definition) is 2. The Morgan fingerprint density at radius 1 is 1.04 bits per heavy atom. The minimum absolute atomic E-state index is 0.0430. The van der Waals surface area contributed by atoms with Gasteiger partial charge in [-0.2, -0.15) is 5.10 Å². The quantitative estimate of drug-likeness (QED) is 0.656. The Hall–Kier alpha value is -2.46. The Kier molecular flexibility index (Phi) is 4.48. The lowest BCUT2D eigenvalue weighted by Gasteiger charge is -2.40. The van der Waals surface area contributed by atoms with Crippen LogP contribution in [0.1, 0.15) is 44.4 Å². The van der Waals surface area contributed by atoms with Crippen LogP contribution in [-0.4, -0.2) is 17.2 Å². The van der Waals surface area contributed by atoms with Gasteiger partial charge in [-0.25, -0.2) is 5.43 Å². The third-order valence-corrected chi connectivity index (χ3v) is 4.89. The van der Waals surface area contributed by atoms with Crippen molar-refractivity contribution in [2.75, 3.05) is 0 Å². The average Bonchev–Trinajstić information content (AvgIpc) is 2.59. The fraction of sp³-hybridized carbons (Fsp3) is 0.333. The summed E-state index contributed by atoms with van der Waals surface area (Å²) in [7, 11) is 0. The van der Waals surface area contributed by atoms with Gasteiger partial charge >= 0.3 is 5.91 Å². The van der Waals surface area contributed by atoms with Gasteiger partial charge in [0.25, 0.3) is 0 Å². The molecule has 0 saturated heterocycles. The van der Waals surface area contributed by atoms with Crippen molar-refractivity contribution in [3.63, 3.8) is 0 Å². The number of quaternary nitrogens is 1. The molecule has 0 bridgehead atoms. The molecule has 0 fully saturated rings. The summed E-state index contributed by atoms with van der Waals surface area (Å²) in [5.41, 5.74) is 6.14. The standard InChI is InChI=1S/C21H25N3O/c1-15(16-10-6-5-7-11-16)22-23-19(25)21(4)18-13-9-8-12-17(18)14-20(2,3)24-21/h5-13,24H,14H2,1-4H3,(H,23,25)/p+1/b22-15-/t21-/m0/s1. The largest absolute Gasteiger partial charge is 0.325 e. The first-order valence-electron chi connectivity index (χ1n) is 8.67. The van der Waals surface area contributed by atoms with E-state index in [1.165, 1.54) is 5.56 Å². The van der Waals surface area contributed by atoms with Crippen molar-refractivity contribution in [3.05, 3.63) is 71.3 Å². The second-order valence-corrected chi connectivity index (χ2v) is 7.67. The van der Waals surface area contributed by atoms with Crippen LogP contribution in [0.4, 0.5) is 0 Å². The minimum Gasteiger partial charge on any atom is -0.325 e. The summed E-state index contributed by atoms with van der Waals surface area (Å²) in [5, 5.41) is 6.49. The van der Waals surface area contributed by atoms with Crippen LogP contribution < -0.4 is 10.7 Å².